The van der Waals surface area contributed by atoms with E-state index in [0.717, 1.165) is 5.56 Å². The Hall–Kier alpha value is -3.46. The highest BCUT2D eigenvalue weighted by Crippen LogP contribution is 2.24. The van der Waals surface area contributed by atoms with Gasteiger partial charge in [0.05, 0.1) is 12.1 Å². The molecule has 0 fully saturated rings. The van der Waals surface area contributed by atoms with Crippen molar-refractivity contribution in [3.8, 4) is 23.0 Å². The molecule has 112 valence electrons. The van der Waals surface area contributed by atoms with Crippen LogP contribution in [0.4, 0.5) is 0 Å². The zero-order valence-electron chi connectivity index (χ0n) is 12.0. The van der Waals surface area contributed by atoms with Crippen LogP contribution in [0.3, 0.4) is 0 Å². The van der Waals surface area contributed by atoms with Gasteiger partial charge in [-0.3, -0.25) is 4.79 Å². The molecule has 3 rings (SSSR count). The van der Waals surface area contributed by atoms with Crippen molar-refractivity contribution in [1.82, 2.24) is 15.0 Å². The molecule has 0 saturated carbocycles. The summed E-state index contributed by atoms with van der Waals surface area (Å²) in [5.74, 6) is -0.879. The van der Waals surface area contributed by atoms with E-state index in [1.165, 1.54) is 0 Å². The smallest absolute Gasteiger partial charge is 0.307 e. The SMILES string of the molecule is N#Cc1nnn(-c2ccc(CC(=O)O)cc2)c1-c1ccccc1. The molecule has 1 aromatic heterocycles. The Bertz CT molecular complexity index is 877. The summed E-state index contributed by atoms with van der Waals surface area (Å²) in [4.78, 5) is 10.7. The molecule has 1 heterocycles. The predicted molar refractivity (Wildman–Crippen MR) is 82.8 cm³/mol. The number of nitrogens with zero attached hydrogens (tertiary/aromatic N) is 4. The summed E-state index contributed by atoms with van der Waals surface area (Å²) >= 11 is 0. The van der Waals surface area contributed by atoms with Gasteiger partial charge in [-0.15, -0.1) is 5.10 Å². The molecule has 0 amide bonds. The monoisotopic (exact) mass is 304 g/mol. The summed E-state index contributed by atoms with van der Waals surface area (Å²) in [5, 5.41) is 26.0. The minimum absolute atomic E-state index is 0.0351. The highest BCUT2D eigenvalue weighted by molar-refractivity contribution is 5.70. The second kappa shape index (κ2) is 6.12. The normalized spacial score (nSPS) is 10.2. The summed E-state index contributed by atoms with van der Waals surface area (Å²) in [7, 11) is 0. The maximum atomic E-state index is 10.7. The average Bonchev–Trinajstić information content (AvgIpc) is 3.00. The number of aliphatic carboxylic acids is 1. The first kappa shape index (κ1) is 14.5. The lowest BCUT2D eigenvalue weighted by Crippen LogP contribution is -2.02. The van der Waals surface area contributed by atoms with E-state index in [2.05, 4.69) is 10.3 Å². The Kier molecular flexibility index (Phi) is 3.85. The Morgan fingerprint density at radius 3 is 2.43 bits per heavy atom. The lowest BCUT2D eigenvalue weighted by molar-refractivity contribution is -0.136. The van der Waals surface area contributed by atoms with Crippen molar-refractivity contribution in [3.63, 3.8) is 0 Å². The van der Waals surface area contributed by atoms with Crippen LogP contribution < -0.4 is 0 Å². The zero-order chi connectivity index (χ0) is 16.2. The van der Waals surface area contributed by atoms with Gasteiger partial charge in [-0.2, -0.15) is 5.26 Å². The van der Waals surface area contributed by atoms with Crippen LogP contribution in [-0.2, 0) is 11.2 Å². The number of carboxylic acids is 1. The van der Waals surface area contributed by atoms with E-state index >= 15 is 0 Å². The number of hydrogen-bond acceptors (Lipinski definition) is 4. The van der Waals surface area contributed by atoms with Gasteiger partial charge in [-0.25, -0.2) is 4.68 Å². The molecule has 0 bridgehead atoms. The molecule has 23 heavy (non-hydrogen) atoms. The van der Waals surface area contributed by atoms with E-state index < -0.39 is 5.97 Å². The Labute approximate surface area is 132 Å². The van der Waals surface area contributed by atoms with Gasteiger partial charge in [-0.05, 0) is 17.7 Å². The van der Waals surface area contributed by atoms with Crippen molar-refractivity contribution in [2.24, 2.45) is 0 Å². The van der Waals surface area contributed by atoms with E-state index in [1.807, 2.05) is 36.4 Å². The number of hydrogen-bond donors (Lipinski definition) is 1. The van der Waals surface area contributed by atoms with Gasteiger partial charge in [0.2, 0.25) is 0 Å². The van der Waals surface area contributed by atoms with E-state index in [0.29, 0.717) is 16.9 Å². The molecule has 1 N–H and O–H groups in total. The minimum atomic E-state index is -0.879. The fourth-order valence-corrected chi connectivity index (χ4v) is 2.32. The van der Waals surface area contributed by atoms with E-state index in [1.54, 1.807) is 28.9 Å². The van der Waals surface area contributed by atoms with Crippen LogP contribution >= 0.6 is 0 Å². The van der Waals surface area contributed by atoms with Gasteiger partial charge in [0.25, 0.3) is 0 Å². The first-order valence-electron chi connectivity index (χ1n) is 6.91. The van der Waals surface area contributed by atoms with Gasteiger partial charge in [0, 0.05) is 5.56 Å². The van der Waals surface area contributed by atoms with Crippen LogP contribution in [0.25, 0.3) is 16.9 Å². The number of nitriles is 1. The van der Waals surface area contributed by atoms with E-state index in [-0.39, 0.29) is 12.1 Å². The summed E-state index contributed by atoms with van der Waals surface area (Å²) in [6.07, 6.45) is -0.0351. The molecule has 0 aliphatic heterocycles. The quantitative estimate of drug-likeness (QED) is 0.799. The average molecular weight is 304 g/mol. The van der Waals surface area contributed by atoms with Gasteiger partial charge in [0.15, 0.2) is 5.69 Å². The third-order valence-corrected chi connectivity index (χ3v) is 3.36. The molecule has 0 aliphatic carbocycles. The number of carbonyl (C=O) groups is 1. The lowest BCUT2D eigenvalue weighted by atomic mass is 10.1. The molecule has 6 nitrogen and oxygen atoms in total. The highest BCUT2D eigenvalue weighted by atomic mass is 16.4. The van der Waals surface area contributed by atoms with E-state index in [9.17, 15) is 10.1 Å². The summed E-state index contributed by atoms with van der Waals surface area (Å²) in [5.41, 5.74) is 3.10. The molecular weight excluding hydrogens is 292 g/mol. The maximum Gasteiger partial charge on any atom is 0.307 e. The van der Waals surface area contributed by atoms with Crippen molar-refractivity contribution >= 4 is 5.97 Å². The van der Waals surface area contributed by atoms with E-state index in [4.69, 9.17) is 5.11 Å². The first-order valence-corrected chi connectivity index (χ1v) is 6.91. The van der Waals surface area contributed by atoms with Crippen molar-refractivity contribution in [1.29, 1.82) is 5.26 Å². The summed E-state index contributed by atoms with van der Waals surface area (Å²) in [6, 6.07) is 18.5. The molecule has 0 radical (unpaired) electrons. The minimum Gasteiger partial charge on any atom is -0.481 e. The molecule has 6 heteroatoms. The molecule has 3 aromatic rings. The fraction of sp³-hybridized carbons (Fsp3) is 0.0588. The number of carboxylic acid groups (broad SMARTS) is 1. The van der Waals surface area contributed by atoms with Crippen molar-refractivity contribution < 1.29 is 9.90 Å². The Morgan fingerprint density at radius 2 is 1.83 bits per heavy atom. The lowest BCUT2D eigenvalue weighted by Gasteiger charge is -2.07. The maximum absolute atomic E-state index is 10.7. The second-order valence-corrected chi connectivity index (χ2v) is 4.91. The number of benzene rings is 2. The summed E-state index contributed by atoms with van der Waals surface area (Å²) < 4.78 is 1.58. The van der Waals surface area contributed by atoms with Gasteiger partial charge in [0.1, 0.15) is 11.8 Å². The Morgan fingerprint density at radius 1 is 1.13 bits per heavy atom. The highest BCUT2D eigenvalue weighted by Gasteiger charge is 2.15. The summed E-state index contributed by atoms with van der Waals surface area (Å²) in [6.45, 7) is 0. The molecule has 2 aromatic carbocycles. The molecule has 0 atom stereocenters. The van der Waals surface area contributed by atoms with Crippen LogP contribution in [-0.4, -0.2) is 26.1 Å². The number of rotatable bonds is 4. The van der Waals surface area contributed by atoms with Crippen LogP contribution in [0, 0.1) is 11.3 Å². The molecule has 0 unspecified atom stereocenters. The molecule has 0 spiro atoms. The standard InChI is InChI=1S/C17H12N4O2/c18-11-15-17(13-4-2-1-3-5-13)21(20-19-15)14-8-6-12(7-9-14)10-16(22)23/h1-9H,10H2,(H,22,23). The fourth-order valence-electron chi connectivity index (χ4n) is 2.32. The largest absolute Gasteiger partial charge is 0.481 e. The van der Waals surface area contributed by atoms with Crippen LogP contribution in [0.2, 0.25) is 0 Å². The predicted octanol–water partition coefficient (Wildman–Crippen LogP) is 2.43. The van der Waals surface area contributed by atoms with Crippen molar-refractivity contribution in [2.45, 2.75) is 6.42 Å². The second-order valence-electron chi connectivity index (χ2n) is 4.91. The van der Waals surface area contributed by atoms with Crippen LogP contribution in [0.5, 0.6) is 0 Å². The Balaban J connectivity index is 2.06. The van der Waals surface area contributed by atoms with Gasteiger partial charge in [-0.1, -0.05) is 47.7 Å². The first-order chi connectivity index (χ1) is 11.2. The third kappa shape index (κ3) is 2.94. The van der Waals surface area contributed by atoms with Crippen LogP contribution in [0.1, 0.15) is 11.3 Å². The molecule has 0 saturated heterocycles. The molecular formula is C17H12N4O2. The zero-order valence-corrected chi connectivity index (χ0v) is 12.0. The van der Waals surface area contributed by atoms with Crippen LogP contribution in [0.15, 0.2) is 54.6 Å². The van der Waals surface area contributed by atoms with Gasteiger partial charge < -0.3 is 5.11 Å². The van der Waals surface area contributed by atoms with Crippen molar-refractivity contribution in [2.75, 3.05) is 0 Å². The molecule has 0 aliphatic rings. The topological polar surface area (TPSA) is 91.8 Å². The van der Waals surface area contributed by atoms with Gasteiger partial charge >= 0.3 is 5.97 Å². The third-order valence-electron chi connectivity index (χ3n) is 3.36. The van der Waals surface area contributed by atoms with Crippen molar-refractivity contribution in [3.05, 3.63) is 65.9 Å². The number of aromatic nitrogens is 3.